The highest BCUT2D eigenvalue weighted by Gasteiger charge is 2.52. The number of piperidine rings is 1. The van der Waals surface area contributed by atoms with Crippen LogP contribution < -0.4 is 0 Å². The number of fused-ring (bicyclic) bond motifs is 2. The zero-order valence-electron chi connectivity index (χ0n) is 12.5. The van der Waals surface area contributed by atoms with Gasteiger partial charge in [-0.1, -0.05) is 36.8 Å². The Morgan fingerprint density at radius 2 is 1.65 bits per heavy atom. The highest BCUT2D eigenvalue weighted by molar-refractivity contribution is 5.15. The minimum atomic E-state index is -0.342. The van der Waals surface area contributed by atoms with Crippen molar-refractivity contribution >= 4 is 0 Å². The van der Waals surface area contributed by atoms with E-state index in [0.717, 1.165) is 19.6 Å². The van der Waals surface area contributed by atoms with E-state index >= 15 is 0 Å². The monoisotopic (exact) mass is 275 g/mol. The second kappa shape index (κ2) is 5.84. The van der Waals surface area contributed by atoms with Crippen LogP contribution in [0, 0.1) is 11.8 Å². The molecule has 0 radical (unpaired) electrons. The molecule has 0 unspecified atom stereocenters. The summed E-state index contributed by atoms with van der Waals surface area (Å²) < 4.78 is 11.7. The average molecular weight is 275 g/mol. The summed E-state index contributed by atoms with van der Waals surface area (Å²) in [5, 5.41) is 0. The van der Waals surface area contributed by atoms with Gasteiger partial charge in [-0.15, -0.1) is 0 Å². The van der Waals surface area contributed by atoms with Crippen molar-refractivity contribution in [2.24, 2.45) is 11.8 Å². The fourth-order valence-corrected chi connectivity index (χ4v) is 4.20. The van der Waals surface area contributed by atoms with Crippen molar-refractivity contribution in [3.63, 3.8) is 0 Å². The van der Waals surface area contributed by atoms with Crippen molar-refractivity contribution in [2.45, 2.75) is 31.6 Å². The minimum Gasteiger partial charge on any atom is -0.353 e. The number of rotatable bonds is 4. The molecule has 2 bridgehead atoms. The van der Waals surface area contributed by atoms with Gasteiger partial charge in [0.05, 0.1) is 0 Å². The van der Waals surface area contributed by atoms with E-state index in [0.29, 0.717) is 11.8 Å². The average Bonchev–Trinajstić information content (AvgIpc) is 2.47. The highest BCUT2D eigenvalue weighted by Crippen LogP contribution is 2.45. The van der Waals surface area contributed by atoms with E-state index in [1.165, 1.54) is 24.8 Å². The van der Waals surface area contributed by atoms with Crippen LogP contribution in [0.5, 0.6) is 0 Å². The maximum absolute atomic E-state index is 5.84. The van der Waals surface area contributed by atoms with E-state index < -0.39 is 0 Å². The lowest BCUT2D eigenvalue weighted by atomic mass is 9.72. The first-order valence-electron chi connectivity index (χ1n) is 7.65. The zero-order valence-corrected chi connectivity index (χ0v) is 12.5. The number of hydrogen-bond acceptors (Lipinski definition) is 3. The van der Waals surface area contributed by atoms with Gasteiger partial charge in [-0.3, -0.25) is 4.90 Å². The van der Waals surface area contributed by atoms with Gasteiger partial charge in [-0.2, -0.15) is 0 Å². The number of ether oxygens (including phenoxy) is 2. The highest BCUT2D eigenvalue weighted by atomic mass is 16.7. The Kier molecular flexibility index (Phi) is 4.11. The maximum Gasteiger partial charge on any atom is 0.175 e. The van der Waals surface area contributed by atoms with Crippen LogP contribution in [-0.2, 0) is 16.0 Å². The molecule has 1 aliphatic carbocycles. The second-order valence-corrected chi connectivity index (χ2v) is 6.13. The van der Waals surface area contributed by atoms with Crippen LogP contribution >= 0.6 is 0 Å². The van der Waals surface area contributed by atoms with Gasteiger partial charge in [0.25, 0.3) is 0 Å². The molecule has 110 valence electrons. The van der Waals surface area contributed by atoms with Gasteiger partial charge >= 0.3 is 0 Å². The molecular weight excluding hydrogens is 250 g/mol. The van der Waals surface area contributed by atoms with Crippen molar-refractivity contribution in [3.05, 3.63) is 35.9 Å². The first kappa shape index (κ1) is 14.1. The maximum atomic E-state index is 5.84. The summed E-state index contributed by atoms with van der Waals surface area (Å²) in [4.78, 5) is 2.57. The molecule has 0 aromatic heterocycles. The molecule has 1 heterocycles. The molecule has 0 amide bonds. The van der Waals surface area contributed by atoms with Gasteiger partial charge in [0.15, 0.2) is 5.79 Å². The summed E-state index contributed by atoms with van der Waals surface area (Å²) in [5.41, 5.74) is 1.40. The van der Waals surface area contributed by atoms with E-state index in [9.17, 15) is 0 Å². The Morgan fingerprint density at radius 3 is 2.20 bits per heavy atom. The third-order valence-electron chi connectivity index (χ3n) is 5.09. The van der Waals surface area contributed by atoms with E-state index in [1.54, 1.807) is 0 Å². The molecule has 2 atom stereocenters. The second-order valence-electron chi connectivity index (χ2n) is 6.13. The number of likely N-dealkylation sites (tertiary alicyclic amines) is 1. The molecular formula is C17H25NO2. The smallest absolute Gasteiger partial charge is 0.175 e. The number of benzene rings is 1. The van der Waals surface area contributed by atoms with Crippen molar-refractivity contribution < 1.29 is 9.47 Å². The first-order chi connectivity index (χ1) is 9.78. The van der Waals surface area contributed by atoms with Crippen LogP contribution in [-0.4, -0.2) is 38.0 Å². The molecule has 1 saturated heterocycles. The van der Waals surface area contributed by atoms with Gasteiger partial charge in [-0.05, 0) is 18.4 Å². The molecule has 1 aromatic carbocycles. The summed E-state index contributed by atoms with van der Waals surface area (Å²) in [6, 6.07) is 10.7. The molecule has 1 saturated carbocycles. The van der Waals surface area contributed by atoms with Gasteiger partial charge in [0.1, 0.15) is 0 Å². The molecule has 1 aliphatic heterocycles. The Balaban J connectivity index is 1.74. The summed E-state index contributed by atoms with van der Waals surface area (Å²) in [6.07, 6.45) is 3.73. The SMILES string of the molecule is COC1(OC)[C@@H]2CCC[C@@H]1CN(Cc1ccccc1)C2. The lowest BCUT2D eigenvalue weighted by molar-refractivity contribution is -0.303. The van der Waals surface area contributed by atoms with E-state index in [1.807, 2.05) is 14.2 Å². The largest absolute Gasteiger partial charge is 0.353 e. The molecule has 0 spiro atoms. The van der Waals surface area contributed by atoms with E-state index in [2.05, 4.69) is 35.2 Å². The van der Waals surface area contributed by atoms with Crippen LogP contribution in [0.2, 0.25) is 0 Å². The lowest BCUT2D eigenvalue weighted by Crippen LogP contribution is -2.61. The van der Waals surface area contributed by atoms with Crippen LogP contribution in [0.25, 0.3) is 0 Å². The van der Waals surface area contributed by atoms with Crippen LogP contribution in [0.3, 0.4) is 0 Å². The van der Waals surface area contributed by atoms with Gasteiger partial charge < -0.3 is 9.47 Å². The van der Waals surface area contributed by atoms with Crippen LogP contribution in [0.15, 0.2) is 30.3 Å². The molecule has 3 rings (SSSR count). The lowest BCUT2D eigenvalue weighted by Gasteiger charge is -2.53. The van der Waals surface area contributed by atoms with Crippen molar-refractivity contribution in [3.8, 4) is 0 Å². The predicted molar refractivity (Wildman–Crippen MR) is 79.3 cm³/mol. The van der Waals surface area contributed by atoms with Gasteiger partial charge in [-0.25, -0.2) is 0 Å². The molecule has 2 fully saturated rings. The fourth-order valence-electron chi connectivity index (χ4n) is 4.20. The zero-order chi connectivity index (χ0) is 14.0. The summed E-state index contributed by atoms with van der Waals surface area (Å²) in [7, 11) is 3.61. The standard InChI is InChI=1S/C17H25NO2/c1-19-17(20-2)15-9-6-10-16(17)13-18(12-15)11-14-7-4-3-5-8-14/h3-5,7-8,15-16H,6,9-13H2,1-2H3/t15-,16-/m1/s1. The number of hydrogen-bond donors (Lipinski definition) is 0. The number of nitrogens with zero attached hydrogens (tertiary/aromatic N) is 1. The molecule has 3 nitrogen and oxygen atoms in total. The summed E-state index contributed by atoms with van der Waals surface area (Å²) in [6.45, 7) is 3.19. The molecule has 1 aromatic rings. The Morgan fingerprint density at radius 1 is 1.05 bits per heavy atom. The molecule has 3 heteroatoms. The first-order valence-corrected chi connectivity index (χ1v) is 7.65. The number of methoxy groups -OCH3 is 2. The third-order valence-corrected chi connectivity index (χ3v) is 5.09. The van der Waals surface area contributed by atoms with Gasteiger partial charge in [0.2, 0.25) is 0 Å². The Hall–Kier alpha value is -0.900. The predicted octanol–water partition coefficient (Wildman–Crippen LogP) is 2.91. The van der Waals surface area contributed by atoms with Gasteiger partial charge in [0, 0.05) is 45.7 Å². The third kappa shape index (κ3) is 2.39. The molecule has 20 heavy (non-hydrogen) atoms. The van der Waals surface area contributed by atoms with Crippen molar-refractivity contribution in [1.82, 2.24) is 4.90 Å². The summed E-state index contributed by atoms with van der Waals surface area (Å²) in [5.74, 6) is 0.647. The summed E-state index contributed by atoms with van der Waals surface area (Å²) >= 11 is 0. The fraction of sp³-hybridized carbons (Fsp3) is 0.647. The molecule has 2 aliphatic rings. The van der Waals surface area contributed by atoms with Crippen molar-refractivity contribution in [2.75, 3.05) is 27.3 Å². The van der Waals surface area contributed by atoms with Crippen molar-refractivity contribution in [1.29, 1.82) is 0 Å². The Labute approximate surface area is 121 Å². The quantitative estimate of drug-likeness (QED) is 0.789. The molecule has 0 N–H and O–H groups in total. The van der Waals surface area contributed by atoms with Crippen LogP contribution in [0.4, 0.5) is 0 Å². The topological polar surface area (TPSA) is 21.7 Å². The minimum absolute atomic E-state index is 0.342. The normalized spacial score (nSPS) is 29.3. The van der Waals surface area contributed by atoms with E-state index in [4.69, 9.17) is 9.47 Å². The van der Waals surface area contributed by atoms with E-state index in [-0.39, 0.29) is 5.79 Å². The Bertz CT molecular complexity index is 414. The van der Waals surface area contributed by atoms with Crippen LogP contribution in [0.1, 0.15) is 24.8 Å².